The molecule has 0 spiro atoms. The monoisotopic (exact) mass is 534 g/mol. The second-order valence-corrected chi connectivity index (χ2v) is 12.4. The van der Waals surface area contributed by atoms with Crippen molar-refractivity contribution in [3.05, 3.63) is 107 Å². The highest BCUT2D eigenvalue weighted by Crippen LogP contribution is 2.42. The van der Waals surface area contributed by atoms with Crippen molar-refractivity contribution in [2.24, 2.45) is 5.41 Å². The Kier molecular flexibility index (Phi) is 7.74. The molecule has 1 aliphatic carbocycles. The van der Waals surface area contributed by atoms with Gasteiger partial charge in [0.2, 0.25) is 5.89 Å². The number of hydrogen-bond acceptors (Lipinski definition) is 4. The first-order chi connectivity index (χ1) is 19.0. The molecule has 5 rings (SSSR count). The molecule has 0 saturated carbocycles. The van der Waals surface area contributed by atoms with Crippen molar-refractivity contribution in [2.75, 3.05) is 5.32 Å². The van der Waals surface area contributed by atoms with Crippen LogP contribution in [0.4, 0.5) is 5.69 Å². The Morgan fingerprint density at radius 1 is 1.02 bits per heavy atom. The molecule has 1 aromatic heterocycles. The summed E-state index contributed by atoms with van der Waals surface area (Å²) in [6, 6.07) is 14.1. The van der Waals surface area contributed by atoms with Crippen LogP contribution in [0.15, 0.2) is 106 Å². The first-order valence-electron chi connectivity index (χ1n) is 14.4. The Morgan fingerprint density at radius 3 is 2.55 bits per heavy atom. The highest BCUT2D eigenvalue weighted by molar-refractivity contribution is 5.83. The van der Waals surface area contributed by atoms with Crippen molar-refractivity contribution < 1.29 is 9.15 Å². The molecule has 0 bridgehead atoms. The molecule has 2 heterocycles. The van der Waals surface area contributed by atoms with Gasteiger partial charge in [0, 0.05) is 22.9 Å². The van der Waals surface area contributed by atoms with Crippen LogP contribution in [0.5, 0.6) is 0 Å². The molecule has 0 fully saturated rings. The molecule has 0 amide bonds. The number of fused-ring (bicyclic) bond motifs is 2. The van der Waals surface area contributed by atoms with Gasteiger partial charge >= 0.3 is 0 Å². The topological polar surface area (TPSA) is 47.3 Å². The van der Waals surface area contributed by atoms with Gasteiger partial charge in [-0.2, -0.15) is 0 Å². The van der Waals surface area contributed by atoms with Crippen LogP contribution in [-0.2, 0) is 10.3 Å². The molecule has 1 unspecified atom stereocenters. The Bertz CT molecular complexity index is 1540. The molecule has 1 N–H and O–H groups in total. The maximum Gasteiger partial charge on any atom is 0.227 e. The fourth-order valence-electron chi connectivity index (χ4n) is 5.86. The summed E-state index contributed by atoms with van der Waals surface area (Å²) < 4.78 is 12.6. The van der Waals surface area contributed by atoms with Crippen LogP contribution in [0.1, 0.15) is 73.3 Å². The fourth-order valence-corrected chi connectivity index (χ4v) is 5.86. The zero-order chi connectivity index (χ0) is 28.5. The van der Waals surface area contributed by atoms with Gasteiger partial charge in [-0.05, 0) is 89.1 Å². The van der Waals surface area contributed by atoms with E-state index in [1.807, 2.05) is 36.4 Å². The van der Waals surface area contributed by atoms with Crippen molar-refractivity contribution >= 4 is 16.8 Å². The summed E-state index contributed by atoms with van der Waals surface area (Å²) in [5.74, 6) is 0.626. The Balaban J connectivity index is 1.30. The molecule has 2 aromatic carbocycles. The lowest BCUT2D eigenvalue weighted by Crippen LogP contribution is -2.38. The van der Waals surface area contributed by atoms with Crippen LogP contribution in [0, 0.1) is 5.41 Å². The lowest BCUT2D eigenvalue weighted by Gasteiger charge is -2.38. The van der Waals surface area contributed by atoms with Crippen LogP contribution >= 0.6 is 0 Å². The fraction of sp³-hybridized carbons (Fsp3) is 0.361. The van der Waals surface area contributed by atoms with E-state index in [4.69, 9.17) is 14.1 Å². The van der Waals surface area contributed by atoms with Gasteiger partial charge in [0.15, 0.2) is 5.58 Å². The highest BCUT2D eigenvalue weighted by Gasteiger charge is 2.34. The van der Waals surface area contributed by atoms with E-state index in [-0.39, 0.29) is 11.6 Å². The number of allylic oxidation sites excluding steroid dienone is 9. The number of nitrogens with one attached hydrogen (secondary N) is 1. The minimum atomic E-state index is -0.479. The summed E-state index contributed by atoms with van der Waals surface area (Å²) in [6.07, 6.45) is 16.6. The smallest absolute Gasteiger partial charge is 0.227 e. The molecular weight excluding hydrogens is 492 g/mol. The zero-order valence-electron chi connectivity index (χ0n) is 25.0. The molecule has 1 atom stereocenters. The number of ether oxygens (including phenoxy) is 1. The summed E-state index contributed by atoms with van der Waals surface area (Å²) in [5, 5.41) is 3.54. The summed E-state index contributed by atoms with van der Waals surface area (Å²) >= 11 is 0. The lowest BCUT2D eigenvalue weighted by molar-refractivity contribution is -0.0514. The molecule has 4 heteroatoms. The molecular formula is C36H42N2O2. The second-order valence-electron chi connectivity index (χ2n) is 12.4. The van der Waals surface area contributed by atoms with E-state index >= 15 is 0 Å². The second kappa shape index (κ2) is 11.1. The van der Waals surface area contributed by atoms with Crippen LogP contribution < -0.4 is 5.32 Å². The van der Waals surface area contributed by atoms with Crippen LogP contribution in [0.2, 0.25) is 0 Å². The number of aromatic nitrogens is 1. The quantitative estimate of drug-likeness (QED) is 0.320. The first kappa shape index (κ1) is 27.9. The van der Waals surface area contributed by atoms with Crippen molar-refractivity contribution in [1.82, 2.24) is 4.98 Å². The summed E-state index contributed by atoms with van der Waals surface area (Å²) in [4.78, 5) is 4.74. The van der Waals surface area contributed by atoms with Gasteiger partial charge < -0.3 is 14.5 Å². The molecule has 0 saturated heterocycles. The van der Waals surface area contributed by atoms with Crippen molar-refractivity contribution in [1.29, 1.82) is 0 Å². The van der Waals surface area contributed by atoms with E-state index in [0.717, 1.165) is 33.5 Å². The highest BCUT2D eigenvalue weighted by atomic mass is 16.5. The van der Waals surface area contributed by atoms with Crippen LogP contribution in [0.3, 0.4) is 0 Å². The largest absolute Gasteiger partial charge is 0.436 e. The number of rotatable bonds is 6. The Labute approximate surface area is 239 Å². The molecule has 0 radical (unpaired) electrons. The minimum absolute atomic E-state index is 0.255. The average Bonchev–Trinajstić information content (AvgIpc) is 3.30. The maximum absolute atomic E-state index is 6.46. The minimum Gasteiger partial charge on any atom is -0.436 e. The third-order valence-corrected chi connectivity index (χ3v) is 8.10. The summed E-state index contributed by atoms with van der Waals surface area (Å²) in [6.45, 7) is 15.5. The standard InChI is InChI=1S/C36H42N2O2/c1-24(18-19-28-26(3)15-12-20-35(28,4)5)13-11-14-25(2)21-33-37-30-23-32-31(22-29(30)36(6,7)40-33)38-34(39-32)27-16-9-8-10-17-27/h8-11,13-14,16-19,21-23,33,37H,12,15,20H2,1-7H3. The van der Waals surface area contributed by atoms with E-state index in [1.165, 1.54) is 36.0 Å². The van der Waals surface area contributed by atoms with Gasteiger partial charge in [-0.15, -0.1) is 0 Å². The maximum atomic E-state index is 6.46. The molecule has 3 aromatic rings. The number of benzene rings is 2. The van der Waals surface area contributed by atoms with E-state index in [1.54, 1.807) is 0 Å². The summed E-state index contributed by atoms with van der Waals surface area (Å²) in [7, 11) is 0. The van der Waals surface area contributed by atoms with Gasteiger partial charge in [0.1, 0.15) is 11.7 Å². The Morgan fingerprint density at radius 2 is 1.80 bits per heavy atom. The number of hydrogen-bond donors (Lipinski definition) is 1. The Hall–Kier alpha value is -3.63. The average molecular weight is 535 g/mol. The van der Waals surface area contributed by atoms with Crippen molar-refractivity contribution in [2.45, 2.75) is 79.6 Å². The summed E-state index contributed by atoms with van der Waals surface area (Å²) in [5.41, 5.74) is 9.81. The van der Waals surface area contributed by atoms with Crippen LogP contribution in [0.25, 0.3) is 22.6 Å². The van der Waals surface area contributed by atoms with Crippen molar-refractivity contribution in [3.8, 4) is 11.5 Å². The molecule has 2 aliphatic rings. The van der Waals surface area contributed by atoms with Gasteiger partial charge in [0.05, 0.1) is 5.60 Å². The predicted molar refractivity (Wildman–Crippen MR) is 167 cm³/mol. The van der Waals surface area contributed by atoms with Gasteiger partial charge in [0.25, 0.3) is 0 Å². The number of oxazole rings is 1. The van der Waals surface area contributed by atoms with Gasteiger partial charge in [-0.1, -0.05) is 79.1 Å². The molecule has 1 aliphatic heterocycles. The number of anilines is 1. The zero-order valence-corrected chi connectivity index (χ0v) is 25.0. The first-order valence-corrected chi connectivity index (χ1v) is 14.4. The predicted octanol–water partition coefficient (Wildman–Crippen LogP) is 10.0. The van der Waals surface area contributed by atoms with E-state index in [0.29, 0.717) is 5.89 Å². The van der Waals surface area contributed by atoms with E-state index < -0.39 is 5.60 Å². The van der Waals surface area contributed by atoms with E-state index in [2.05, 4.69) is 96.3 Å². The third-order valence-electron chi connectivity index (χ3n) is 8.10. The van der Waals surface area contributed by atoms with Gasteiger partial charge in [-0.3, -0.25) is 0 Å². The molecule has 40 heavy (non-hydrogen) atoms. The SMILES string of the molecule is CC(C=CC1=C(C)CCCC1(C)C)=CC=CC(C)=CC1Nc2cc3oc(-c4ccccc4)nc3cc2C(C)(C)O1. The van der Waals surface area contributed by atoms with Crippen molar-refractivity contribution in [3.63, 3.8) is 0 Å². The van der Waals surface area contributed by atoms with Gasteiger partial charge in [-0.25, -0.2) is 4.98 Å². The number of nitrogens with zero attached hydrogens (tertiary/aromatic N) is 1. The van der Waals surface area contributed by atoms with E-state index in [9.17, 15) is 0 Å². The lowest BCUT2D eigenvalue weighted by atomic mass is 9.72. The molecule has 4 nitrogen and oxygen atoms in total. The van der Waals surface area contributed by atoms with Crippen LogP contribution in [-0.4, -0.2) is 11.2 Å². The molecule has 208 valence electrons. The normalized spacial score (nSPS) is 21.3. The third kappa shape index (κ3) is 6.08.